The van der Waals surface area contributed by atoms with Gasteiger partial charge in [0.15, 0.2) is 6.23 Å². The van der Waals surface area contributed by atoms with Gasteiger partial charge < -0.3 is 19.5 Å². The van der Waals surface area contributed by atoms with Crippen molar-refractivity contribution in [2.45, 2.75) is 45.9 Å². The molecule has 0 aliphatic carbocycles. The Morgan fingerprint density at radius 3 is 2.74 bits per heavy atom. The highest BCUT2D eigenvalue weighted by Crippen LogP contribution is 2.22. The van der Waals surface area contributed by atoms with Gasteiger partial charge in [-0.3, -0.25) is 4.79 Å². The number of hydrogen-bond donors (Lipinski definition) is 1. The zero-order valence-corrected chi connectivity index (χ0v) is 13.7. The van der Waals surface area contributed by atoms with Gasteiger partial charge in [-0.05, 0) is 31.9 Å². The summed E-state index contributed by atoms with van der Waals surface area (Å²) in [5, 5.41) is 9.79. The van der Waals surface area contributed by atoms with Gasteiger partial charge in [-0.15, -0.1) is 0 Å². The van der Waals surface area contributed by atoms with Crippen LogP contribution >= 0.6 is 0 Å². The van der Waals surface area contributed by atoms with Crippen LogP contribution in [0.15, 0.2) is 18.2 Å². The maximum atomic E-state index is 12.5. The first-order valence-electron chi connectivity index (χ1n) is 7.77. The van der Waals surface area contributed by atoms with Crippen LogP contribution in [0.5, 0.6) is 0 Å². The van der Waals surface area contributed by atoms with Gasteiger partial charge in [-0.1, -0.05) is 23.8 Å². The molecule has 0 saturated carbocycles. The first-order valence-corrected chi connectivity index (χ1v) is 7.77. The number of aliphatic hydroxyl groups excluding tert-OH is 1. The summed E-state index contributed by atoms with van der Waals surface area (Å²) in [6, 6.07) is 5.91. The molecule has 6 nitrogen and oxygen atoms in total. The van der Waals surface area contributed by atoms with Crippen molar-refractivity contribution < 1.29 is 24.2 Å². The molecule has 1 aliphatic heterocycles. The van der Waals surface area contributed by atoms with Crippen LogP contribution in [-0.2, 0) is 20.7 Å². The van der Waals surface area contributed by atoms with Gasteiger partial charge >= 0.3 is 6.16 Å². The lowest BCUT2D eigenvalue weighted by molar-refractivity contribution is -0.138. The molecule has 0 aromatic heterocycles. The molecule has 1 amide bonds. The summed E-state index contributed by atoms with van der Waals surface area (Å²) in [4.78, 5) is 25.4. The molecule has 1 heterocycles. The molecule has 0 spiro atoms. The van der Waals surface area contributed by atoms with Crippen molar-refractivity contribution in [3.63, 3.8) is 0 Å². The number of carbonyl (C=O) groups excluding carboxylic acids is 2. The normalized spacial score (nSPS) is 20.4. The number of rotatable bonds is 4. The van der Waals surface area contributed by atoms with Gasteiger partial charge in [0, 0.05) is 6.42 Å². The van der Waals surface area contributed by atoms with Crippen LogP contribution in [0.1, 0.15) is 30.0 Å². The summed E-state index contributed by atoms with van der Waals surface area (Å²) in [5.74, 6) is -0.178. The fourth-order valence-corrected chi connectivity index (χ4v) is 2.72. The van der Waals surface area contributed by atoms with Gasteiger partial charge in [0.25, 0.3) is 0 Å². The summed E-state index contributed by atoms with van der Waals surface area (Å²) in [5.41, 5.74) is 3.11. The Hall–Kier alpha value is -2.08. The number of benzene rings is 1. The molecule has 1 saturated heterocycles. The van der Waals surface area contributed by atoms with Crippen LogP contribution < -0.4 is 0 Å². The lowest BCUT2D eigenvalue weighted by atomic mass is 10.0. The van der Waals surface area contributed by atoms with E-state index >= 15 is 0 Å². The Morgan fingerprint density at radius 2 is 2.09 bits per heavy atom. The molecule has 126 valence electrons. The Labute approximate surface area is 136 Å². The third-order valence-corrected chi connectivity index (χ3v) is 3.88. The average Bonchev–Trinajstić information content (AvgIpc) is 2.83. The summed E-state index contributed by atoms with van der Waals surface area (Å²) >= 11 is 0. The van der Waals surface area contributed by atoms with Crippen LogP contribution in [0.3, 0.4) is 0 Å². The first kappa shape index (κ1) is 17.3. The van der Waals surface area contributed by atoms with Crippen molar-refractivity contribution in [2.24, 2.45) is 0 Å². The van der Waals surface area contributed by atoms with E-state index in [1.807, 2.05) is 32.0 Å². The minimum Gasteiger partial charge on any atom is -0.435 e. The van der Waals surface area contributed by atoms with Gasteiger partial charge in [-0.25, -0.2) is 4.79 Å². The predicted octanol–water partition coefficient (Wildman–Crippen LogP) is 1.94. The molecule has 2 rings (SSSR count). The third kappa shape index (κ3) is 4.45. The molecule has 1 aromatic carbocycles. The van der Waals surface area contributed by atoms with Crippen molar-refractivity contribution >= 4 is 12.1 Å². The molecule has 23 heavy (non-hydrogen) atoms. The van der Waals surface area contributed by atoms with Crippen LogP contribution in [0, 0.1) is 13.8 Å². The van der Waals surface area contributed by atoms with E-state index in [9.17, 15) is 14.7 Å². The van der Waals surface area contributed by atoms with E-state index in [0.29, 0.717) is 0 Å². The summed E-state index contributed by atoms with van der Waals surface area (Å²) in [6.07, 6.45) is -1.88. The number of β-amino-alcohol motifs (C(OH)–C–C–N with tert-alkyl or cyclic N) is 1. The van der Waals surface area contributed by atoms with Crippen molar-refractivity contribution in [1.82, 2.24) is 4.90 Å². The SMILES string of the molecule is CCOC(=O)OC1CC(O)CN1C(=O)Cc1ccc(C)cc1C. The van der Waals surface area contributed by atoms with E-state index < -0.39 is 18.5 Å². The molecular weight excluding hydrogens is 298 g/mol. The van der Waals surface area contributed by atoms with Crippen molar-refractivity contribution in [1.29, 1.82) is 0 Å². The van der Waals surface area contributed by atoms with Crippen molar-refractivity contribution in [2.75, 3.05) is 13.2 Å². The van der Waals surface area contributed by atoms with Crippen LogP contribution in [-0.4, -0.2) is 47.6 Å². The fraction of sp³-hybridized carbons (Fsp3) is 0.529. The largest absolute Gasteiger partial charge is 0.510 e. The Balaban J connectivity index is 2.05. The number of ether oxygens (including phenoxy) is 2. The van der Waals surface area contributed by atoms with Gasteiger partial charge in [-0.2, -0.15) is 0 Å². The Bertz CT molecular complexity index is 586. The fourth-order valence-electron chi connectivity index (χ4n) is 2.72. The quantitative estimate of drug-likeness (QED) is 0.858. The second kappa shape index (κ2) is 7.46. The molecule has 0 bridgehead atoms. The number of nitrogens with zero attached hydrogens (tertiary/aromatic N) is 1. The number of aliphatic hydroxyl groups is 1. The highest BCUT2D eigenvalue weighted by atomic mass is 16.7. The van der Waals surface area contributed by atoms with E-state index in [1.165, 1.54) is 4.90 Å². The van der Waals surface area contributed by atoms with Gasteiger partial charge in [0.2, 0.25) is 5.91 Å². The number of hydrogen-bond acceptors (Lipinski definition) is 5. The smallest absolute Gasteiger partial charge is 0.435 e. The second-order valence-electron chi connectivity index (χ2n) is 5.80. The standard InChI is InChI=1S/C17H23NO5/c1-4-22-17(21)23-16-9-14(19)10-18(16)15(20)8-13-6-5-11(2)7-12(13)3/h5-7,14,16,19H,4,8-10H2,1-3H3. The van der Waals surface area contributed by atoms with Crippen LogP contribution in [0.4, 0.5) is 4.79 Å². The van der Waals surface area contributed by atoms with Crippen LogP contribution in [0.2, 0.25) is 0 Å². The average molecular weight is 321 g/mol. The molecular formula is C17H23NO5. The zero-order valence-electron chi connectivity index (χ0n) is 13.7. The molecule has 1 fully saturated rings. The second-order valence-corrected chi connectivity index (χ2v) is 5.80. The van der Waals surface area contributed by atoms with E-state index in [1.54, 1.807) is 6.92 Å². The van der Waals surface area contributed by atoms with E-state index in [2.05, 4.69) is 0 Å². The number of amides is 1. The lowest BCUT2D eigenvalue weighted by Gasteiger charge is -2.24. The molecule has 2 unspecified atom stereocenters. The molecule has 1 aromatic rings. The van der Waals surface area contributed by atoms with Crippen LogP contribution in [0.25, 0.3) is 0 Å². The van der Waals surface area contributed by atoms with Crippen molar-refractivity contribution in [3.05, 3.63) is 34.9 Å². The number of carbonyl (C=O) groups is 2. The summed E-state index contributed by atoms with van der Waals surface area (Å²) in [6.45, 7) is 5.99. The molecule has 6 heteroatoms. The minimum atomic E-state index is -0.823. The summed E-state index contributed by atoms with van der Waals surface area (Å²) < 4.78 is 9.86. The highest BCUT2D eigenvalue weighted by molar-refractivity contribution is 5.80. The summed E-state index contributed by atoms with van der Waals surface area (Å²) in [7, 11) is 0. The minimum absolute atomic E-state index is 0.161. The topological polar surface area (TPSA) is 76.1 Å². The Morgan fingerprint density at radius 1 is 1.35 bits per heavy atom. The Kier molecular flexibility index (Phi) is 5.60. The zero-order chi connectivity index (χ0) is 17.0. The molecule has 0 radical (unpaired) electrons. The first-order chi connectivity index (χ1) is 10.9. The molecule has 1 N–H and O–H groups in total. The van der Waals surface area contributed by atoms with Gasteiger partial charge in [0.05, 0.1) is 25.7 Å². The van der Waals surface area contributed by atoms with E-state index in [-0.39, 0.29) is 31.9 Å². The third-order valence-electron chi connectivity index (χ3n) is 3.88. The van der Waals surface area contributed by atoms with Gasteiger partial charge in [0.1, 0.15) is 0 Å². The maximum Gasteiger partial charge on any atom is 0.510 e. The molecule has 2 atom stereocenters. The maximum absolute atomic E-state index is 12.5. The predicted molar refractivity (Wildman–Crippen MR) is 83.9 cm³/mol. The van der Waals surface area contributed by atoms with E-state index in [0.717, 1.165) is 16.7 Å². The van der Waals surface area contributed by atoms with E-state index in [4.69, 9.17) is 9.47 Å². The monoisotopic (exact) mass is 321 g/mol. The van der Waals surface area contributed by atoms with Crippen molar-refractivity contribution in [3.8, 4) is 0 Å². The lowest BCUT2D eigenvalue weighted by Crippen LogP contribution is -2.39. The number of aryl methyl sites for hydroxylation is 2. The highest BCUT2D eigenvalue weighted by Gasteiger charge is 2.37. The molecule has 1 aliphatic rings. The number of likely N-dealkylation sites (tertiary alicyclic amines) is 1.